The number of benzene rings is 1. The van der Waals surface area contributed by atoms with Crippen LogP contribution in [0.15, 0.2) is 18.3 Å². The van der Waals surface area contributed by atoms with E-state index in [0.717, 1.165) is 6.07 Å². The molecule has 2 rings (SSSR count). The van der Waals surface area contributed by atoms with Crippen LogP contribution in [0.3, 0.4) is 0 Å². The first-order valence-electron chi connectivity index (χ1n) is 4.92. The molecule has 0 aliphatic carbocycles. The van der Waals surface area contributed by atoms with E-state index in [4.69, 9.17) is 10.8 Å². The molecular weight excluding hydrogens is 244 g/mol. The van der Waals surface area contributed by atoms with Crippen LogP contribution in [-0.2, 0) is 7.05 Å². The van der Waals surface area contributed by atoms with Gasteiger partial charge in [-0.1, -0.05) is 0 Å². The quantitative estimate of drug-likeness (QED) is 0.852. The second kappa shape index (κ2) is 4.10. The molecule has 0 atom stereocenters. The van der Waals surface area contributed by atoms with E-state index in [1.165, 1.54) is 10.9 Å². The molecule has 2 aromatic rings. The number of hydrogen-bond donors (Lipinski definition) is 2. The van der Waals surface area contributed by atoms with Gasteiger partial charge in [-0.2, -0.15) is 5.10 Å². The van der Waals surface area contributed by atoms with Gasteiger partial charge in [0.1, 0.15) is 17.5 Å². The highest BCUT2D eigenvalue weighted by atomic mass is 19.1. The molecule has 94 valence electrons. The maximum absolute atomic E-state index is 13.6. The first kappa shape index (κ1) is 12.0. The van der Waals surface area contributed by atoms with E-state index < -0.39 is 23.2 Å². The van der Waals surface area contributed by atoms with Crippen molar-refractivity contribution in [2.75, 3.05) is 5.73 Å². The molecule has 3 N–H and O–H groups in total. The first-order chi connectivity index (χ1) is 8.41. The highest BCUT2D eigenvalue weighted by molar-refractivity contribution is 5.90. The van der Waals surface area contributed by atoms with Crippen LogP contribution in [0, 0.1) is 11.6 Å². The maximum Gasteiger partial charge on any atom is 0.338 e. The lowest BCUT2D eigenvalue weighted by Gasteiger charge is -2.05. The van der Waals surface area contributed by atoms with Gasteiger partial charge in [0.2, 0.25) is 0 Å². The Morgan fingerprint density at radius 2 is 2.00 bits per heavy atom. The topological polar surface area (TPSA) is 81.1 Å². The number of aryl methyl sites for hydroxylation is 1. The molecule has 1 aromatic carbocycles. The molecule has 0 radical (unpaired) electrons. The van der Waals surface area contributed by atoms with E-state index >= 15 is 0 Å². The number of nitrogen functional groups attached to an aromatic ring is 1. The van der Waals surface area contributed by atoms with E-state index in [1.807, 2.05) is 0 Å². The average Bonchev–Trinajstić information content (AvgIpc) is 2.60. The Bertz CT molecular complexity index is 637. The van der Waals surface area contributed by atoms with Gasteiger partial charge in [-0.3, -0.25) is 4.68 Å². The van der Waals surface area contributed by atoms with Crippen molar-refractivity contribution >= 4 is 11.8 Å². The normalized spacial score (nSPS) is 10.6. The van der Waals surface area contributed by atoms with Crippen LogP contribution in [-0.4, -0.2) is 20.9 Å². The summed E-state index contributed by atoms with van der Waals surface area (Å²) in [5.74, 6) is -3.34. The summed E-state index contributed by atoms with van der Waals surface area (Å²) in [6, 6.07) is 1.42. The van der Waals surface area contributed by atoms with Gasteiger partial charge < -0.3 is 10.8 Å². The van der Waals surface area contributed by atoms with Crippen molar-refractivity contribution in [3.05, 3.63) is 35.5 Å². The smallest absolute Gasteiger partial charge is 0.338 e. The Morgan fingerprint density at radius 1 is 1.33 bits per heavy atom. The summed E-state index contributed by atoms with van der Waals surface area (Å²) in [6.45, 7) is 0. The second-order valence-corrected chi connectivity index (χ2v) is 3.68. The lowest BCUT2D eigenvalue weighted by atomic mass is 10.0. The summed E-state index contributed by atoms with van der Waals surface area (Å²) >= 11 is 0. The molecule has 5 nitrogen and oxygen atoms in total. The third-order valence-electron chi connectivity index (χ3n) is 2.56. The van der Waals surface area contributed by atoms with Gasteiger partial charge in [-0.15, -0.1) is 0 Å². The van der Waals surface area contributed by atoms with Crippen LogP contribution in [0.1, 0.15) is 10.4 Å². The summed E-state index contributed by atoms with van der Waals surface area (Å²) in [5.41, 5.74) is 5.17. The summed E-state index contributed by atoms with van der Waals surface area (Å²) < 4.78 is 28.2. The minimum Gasteiger partial charge on any atom is -0.478 e. The molecule has 0 bridgehead atoms. The fraction of sp³-hybridized carbons (Fsp3) is 0.0909. The Labute approximate surface area is 100 Å². The predicted octanol–water partition coefficient (Wildman–Crippen LogP) is 1.65. The van der Waals surface area contributed by atoms with Gasteiger partial charge in [0.05, 0.1) is 11.8 Å². The zero-order valence-corrected chi connectivity index (χ0v) is 9.32. The SMILES string of the molecule is Cn1ncc(-c2cc(C(=O)O)c(F)cc2F)c1N. The highest BCUT2D eigenvalue weighted by Gasteiger charge is 2.18. The molecule has 0 saturated heterocycles. The number of hydrogen-bond acceptors (Lipinski definition) is 3. The van der Waals surface area contributed by atoms with Gasteiger partial charge in [0, 0.05) is 24.2 Å². The third-order valence-corrected chi connectivity index (χ3v) is 2.56. The van der Waals surface area contributed by atoms with Crippen molar-refractivity contribution in [2.45, 2.75) is 0 Å². The summed E-state index contributed by atoms with van der Waals surface area (Å²) in [4.78, 5) is 10.8. The van der Waals surface area contributed by atoms with Gasteiger partial charge >= 0.3 is 5.97 Å². The van der Waals surface area contributed by atoms with E-state index in [-0.39, 0.29) is 16.9 Å². The minimum absolute atomic E-state index is 0.0978. The van der Waals surface area contributed by atoms with Crippen molar-refractivity contribution in [1.29, 1.82) is 0 Å². The number of nitrogens with two attached hydrogens (primary N) is 1. The molecule has 1 heterocycles. The molecule has 0 saturated carbocycles. The van der Waals surface area contributed by atoms with Crippen LogP contribution < -0.4 is 5.73 Å². The van der Waals surface area contributed by atoms with Crippen LogP contribution in [0.4, 0.5) is 14.6 Å². The number of carboxylic acids is 1. The lowest BCUT2D eigenvalue weighted by Crippen LogP contribution is -2.03. The van der Waals surface area contributed by atoms with Crippen molar-refractivity contribution < 1.29 is 18.7 Å². The fourth-order valence-electron chi connectivity index (χ4n) is 1.57. The molecule has 7 heteroatoms. The highest BCUT2D eigenvalue weighted by Crippen LogP contribution is 2.29. The van der Waals surface area contributed by atoms with Gasteiger partial charge in [0.15, 0.2) is 0 Å². The number of carboxylic acid groups (broad SMARTS) is 1. The third kappa shape index (κ3) is 1.79. The molecular formula is C11H9F2N3O2. The van der Waals surface area contributed by atoms with Crippen LogP contribution in [0.2, 0.25) is 0 Å². The molecule has 0 fully saturated rings. The Balaban J connectivity index is 2.68. The van der Waals surface area contributed by atoms with Crippen LogP contribution in [0.25, 0.3) is 11.1 Å². The molecule has 0 unspecified atom stereocenters. The number of anilines is 1. The average molecular weight is 253 g/mol. The lowest BCUT2D eigenvalue weighted by molar-refractivity contribution is 0.0692. The molecule has 0 aliphatic heterocycles. The zero-order chi connectivity index (χ0) is 13.4. The van der Waals surface area contributed by atoms with E-state index in [2.05, 4.69) is 5.10 Å². The van der Waals surface area contributed by atoms with Gasteiger partial charge in [-0.25, -0.2) is 13.6 Å². The number of aromatic carboxylic acids is 1. The van der Waals surface area contributed by atoms with Crippen LogP contribution in [0.5, 0.6) is 0 Å². The number of nitrogens with zero attached hydrogens (tertiary/aromatic N) is 2. The largest absolute Gasteiger partial charge is 0.478 e. The zero-order valence-electron chi connectivity index (χ0n) is 9.32. The number of rotatable bonds is 2. The van der Waals surface area contributed by atoms with Crippen LogP contribution >= 0.6 is 0 Å². The maximum atomic E-state index is 13.6. The van der Waals surface area contributed by atoms with Gasteiger partial charge in [-0.05, 0) is 6.07 Å². The number of carbonyl (C=O) groups is 1. The summed E-state index contributed by atoms with van der Waals surface area (Å²) in [7, 11) is 1.55. The first-order valence-corrected chi connectivity index (χ1v) is 4.92. The van der Waals surface area contributed by atoms with E-state index in [0.29, 0.717) is 6.07 Å². The van der Waals surface area contributed by atoms with Crippen molar-refractivity contribution in [2.24, 2.45) is 7.05 Å². The second-order valence-electron chi connectivity index (χ2n) is 3.68. The van der Waals surface area contributed by atoms with Crippen molar-refractivity contribution in [3.63, 3.8) is 0 Å². The van der Waals surface area contributed by atoms with Crippen molar-refractivity contribution in [1.82, 2.24) is 9.78 Å². The fourth-order valence-corrected chi connectivity index (χ4v) is 1.57. The Morgan fingerprint density at radius 3 is 2.50 bits per heavy atom. The number of aromatic nitrogens is 2. The Kier molecular flexibility index (Phi) is 2.74. The van der Waals surface area contributed by atoms with E-state index in [1.54, 1.807) is 7.05 Å². The molecule has 0 amide bonds. The van der Waals surface area contributed by atoms with E-state index in [9.17, 15) is 13.6 Å². The number of halogens is 2. The van der Waals surface area contributed by atoms with Crippen molar-refractivity contribution in [3.8, 4) is 11.1 Å². The minimum atomic E-state index is -1.48. The molecule has 0 aliphatic rings. The molecule has 18 heavy (non-hydrogen) atoms. The standard InChI is InChI=1S/C11H9F2N3O2/c1-16-10(14)7(4-15-16)5-2-6(11(17)18)9(13)3-8(5)12/h2-4H,14H2,1H3,(H,17,18). The molecule has 0 spiro atoms. The Hall–Kier alpha value is -2.44. The predicted molar refractivity (Wildman–Crippen MR) is 59.9 cm³/mol. The summed E-state index contributed by atoms with van der Waals surface area (Å²) in [5, 5.41) is 12.6. The monoisotopic (exact) mass is 253 g/mol. The molecule has 1 aromatic heterocycles. The van der Waals surface area contributed by atoms with Gasteiger partial charge in [0.25, 0.3) is 0 Å². The summed E-state index contributed by atoms with van der Waals surface area (Å²) in [6.07, 6.45) is 1.29.